The van der Waals surface area contributed by atoms with E-state index in [4.69, 9.17) is 4.74 Å². The summed E-state index contributed by atoms with van der Waals surface area (Å²) in [7, 11) is 2.02. The number of halogens is 1. The van der Waals surface area contributed by atoms with Crippen LogP contribution in [-0.4, -0.2) is 49.9 Å². The fourth-order valence-electron chi connectivity index (χ4n) is 2.51. The van der Waals surface area contributed by atoms with E-state index in [2.05, 4.69) is 9.89 Å². The molecule has 0 aromatic heterocycles. The monoisotopic (exact) mass is 320 g/mol. The number of nitrogens with zero attached hydrogens (tertiary/aromatic N) is 2. The number of hydrogen-bond donors (Lipinski definition) is 0. The molecule has 0 spiro atoms. The average Bonchev–Trinajstić information content (AvgIpc) is 2.96. The number of benzene rings is 1. The Kier molecular flexibility index (Phi) is 6.40. The first-order chi connectivity index (χ1) is 11.2. The van der Waals surface area contributed by atoms with Gasteiger partial charge in [0, 0.05) is 30.3 Å². The van der Waals surface area contributed by atoms with Crippen molar-refractivity contribution in [3.05, 3.63) is 23.5 Å². The second-order valence-corrected chi connectivity index (χ2v) is 5.59. The molecule has 0 N–H and O–H groups in total. The van der Waals surface area contributed by atoms with Gasteiger partial charge in [-0.3, -0.25) is 14.7 Å². The molecule has 2 rings (SSSR count). The van der Waals surface area contributed by atoms with Gasteiger partial charge in [-0.25, -0.2) is 4.39 Å². The smallest absolute Gasteiger partial charge is 0.165 e. The van der Waals surface area contributed by atoms with E-state index >= 15 is 0 Å². The molecule has 23 heavy (non-hydrogen) atoms. The zero-order valence-corrected chi connectivity index (χ0v) is 13.2. The Hall–Kier alpha value is -2.08. The summed E-state index contributed by atoms with van der Waals surface area (Å²) in [6.07, 6.45) is 6.20. The van der Waals surface area contributed by atoms with Gasteiger partial charge in [0.2, 0.25) is 0 Å². The number of likely N-dealkylation sites (tertiary alicyclic amines) is 1. The third-order valence-corrected chi connectivity index (χ3v) is 3.89. The Morgan fingerprint density at radius 3 is 2.91 bits per heavy atom. The van der Waals surface area contributed by atoms with Gasteiger partial charge in [0.25, 0.3) is 0 Å². The number of carbonyl (C=O) groups excluding carboxylic acids is 2. The normalized spacial score (nSPS) is 18.4. The van der Waals surface area contributed by atoms with Crippen LogP contribution in [-0.2, 0) is 4.79 Å². The van der Waals surface area contributed by atoms with Crippen LogP contribution in [0.4, 0.5) is 10.1 Å². The highest BCUT2D eigenvalue weighted by Gasteiger charge is 2.19. The van der Waals surface area contributed by atoms with Gasteiger partial charge >= 0.3 is 0 Å². The van der Waals surface area contributed by atoms with E-state index in [1.807, 2.05) is 7.05 Å². The Balaban J connectivity index is 2.14. The van der Waals surface area contributed by atoms with Crippen LogP contribution in [0.1, 0.15) is 36.0 Å². The van der Waals surface area contributed by atoms with E-state index < -0.39 is 5.82 Å². The van der Waals surface area contributed by atoms with Gasteiger partial charge < -0.3 is 9.53 Å². The van der Waals surface area contributed by atoms with Crippen molar-refractivity contribution in [3.63, 3.8) is 0 Å². The molecule has 1 unspecified atom stereocenters. The Morgan fingerprint density at radius 2 is 2.26 bits per heavy atom. The van der Waals surface area contributed by atoms with Crippen LogP contribution < -0.4 is 4.74 Å². The van der Waals surface area contributed by atoms with Crippen LogP contribution in [0.5, 0.6) is 5.75 Å². The van der Waals surface area contributed by atoms with Gasteiger partial charge in [-0.1, -0.05) is 0 Å². The van der Waals surface area contributed by atoms with E-state index in [0.717, 1.165) is 31.7 Å². The molecule has 6 heteroatoms. The molecular weight excluding hydrogens is 299 g/mol. The molecule has 124 valence electrons. The second kappa shape index (κ2) is 8.53. The number of ether oxygens (including phenoxy) is 1. The minimum absolute atomic E-state index is 0.0495. The summed E-state index contributed by atoms with van der Waals surface area (Å²) < 4.78 is 19.3. The van der Waals surface area contributed by atoms with Gasteiger partial charge in [0.05, 0.1) is 12.3 Å². The number of hydrogen-bond acceptors (Lipinski definition) is 5. The van der Waals surface area contributed by atoms with Crippen LogP contribution in [0, 0.1) is 5.82 Å². The molecule has 0 bridgehead atoms. The predicted molar refractivity (Wildman–Crippen MR) is 86.4 cm³/mol. The number of aldehydes is 2. The van der Waals surface area contributed by atoms with Crippen molar-refractivity contribution < 1.29 is 18.7 Å². The van der Waals surface area contributed by atoms with Crippen LogP contribution in [0.15, 0.2) is 17.1 Å². The fraction of sp³-hybridized carbons (Fsp3) is 0.471. The summed E-state index contributed by atoms with van der Waals surface area (Å²) in [5.74, 6) is -0.552. The van der Waals surface area contributed by atoms with Crippen LogP contribution in [0.25, 0.3) is 0 Å². The topological polar surface area (TPSA) is 59.0 Å². The predicted octanol–water partition coefficient (Wildman–Crippen LogP) is 2.79. The molecule has 0 amide bonds. The molecule has 1 atom stereocenters. The first-order valence-electron chi connectivity index (χ1n) is 7.75. The molecule has 1 aliphatic heterocycles. The fourth-order valence-corrected chi connectivity index (χ4v) is 2.51. The van der Waals surface area contributed by atoms with Crippen molar-refractivity contribution in [2.24, 2.45) is 4.99 Å². The van der Waals surface area contributed by atoms with Crippen LogP contribution in [0.2, 0.25) is 0 Å². The van der Waals surface area contributed by atoms with Gasteiger partial charge in [0.1, 0.15) is 6.29 Å². The third-order valence-electron chi connectivity index (χ3n) is 3.89. The zero-order chi connectivity index (χ0) is 16.7. The largest absolute Gasteiger partial charge is 0.490 e. The summed E-state index contributed by atoms with van der Waals surface area (Å²) in [5, 5.41) is 0. The number of aliphatic imine (C=N–C) groups is 1. The maximum absolute atomic E-state index is 13.9. The van der Waals surface area contributed by atoms with Crippen molar-refractivity contribution >= 4 is 24.5 Å². The molecule has 1 aliphatic rings. The Morgan fingerprint density at radius 1 is 1.43 bits per heavy atom. The highest BCUT2D eigenvalue weighted by atomic mass is 19.1. The van der Waals surface area contributed by atoms with E-state index in [0.29, 0.717) is 24.8 Å². The summed E-state index contributed by atoms with van der Waals surface area (Å²) in [6, 6.07) is 2.80. The lowest BCUT2D eigenvalue weighted by Crippen LogP contribution is -2.25. The van der Waals surface area contributed by atoms with E-state index in [9.17, 15) is 14.0 Å². The summed E-state index contributed by atoms with van der Waals surface area (Å²) in [4.78, 5) is 27.9. The molecule has 1 aromatic rings. The molecule has 5 nitrogen and oxygen atoms in total. The lowest BCUT2D eigenvalue weighted by Gasteiger charge is -2.14. The zero-order valence-electron chi connectivity index (χ0n) is 13.2. The van der Waals surface area contributed by atoms with E-state index in [1.54, 1.807) is 6.21 Å². The molecule has 0 radical (unpaired) electrons. The SMILES string of the molecule is CN1CCCC1/C=N\c1cc(OCCCC=O)c(F)cc1C=O. The first-order valence-corrected chi connectivity index (χ1v) is 7.75. The van der Waals surface area contributed by atoms with E-state index in [1.165, 1.54) is 6.07 Å². The first kappa shape index (κ1) is 17.3. The second-order valence-electron chi connectivity index (χ2n) is 5.59. The van der Waals surface area contributed by atoms with Crippen molar-refractivity contribution in [1.82, 2.24) is 4.90 Å². The highest BCUT2D eigenvalue weighted by molar-refractivity contribution is 5.85. The quantitative estimate of drug-likeness (QED) is 0.420. The third kappa shape index (κ3) is 4.69. The Bertz CT molecular complexity index is 589. The summed E-state index contributed by atoms with van der Waals surface area (Å²) >= 11 is 0. The molecule has 1 aromatic carbocycles. The lowest BCUT2D eigenvalue weighted by atomic mass is 10.1. The van der Waals surface area contributed by atoms with Crippen molar-refractivity contribution in [1.29, 1.82) is 0 Å². The van der Waals surface area contributed by atoms with Crippen LogP contribution >= 0.6 is 0 Å². The maximum Gasteiger partial charge on any atom is 0.165 e. The molecule has 0 saturated carbocycles. The Labute approximate surface area is 135 Å². The van der Waals surface area contributed by atoms with Gasteiger partial charge in [-0.2, -0.15) is 0 Å². The molecule has 1 fully saturated rings. The average molecular weight is 320 g/mol. The number of rotatable bonds is 8. The van der Waals surface area contributed by atoms with Gasteiger partial charge in [-0.05, 0) is 38.9 Å². The van der Waals surface area contributed by atoms with Gasteiger partial charge in [0.15, 0.2) is 17.9 Å². The number of carbonyl (C=O) groups is 2. The minimum Gasteiger partial charge on any atom is -0.490 e. The van der Waals surface area contributed by atoms with Crippen LogP contribution in [0.3, 0.4) is 0 Å². The molecule has 0 aliphatic carbocycles. The summed E-state index contributed by atoms with van der Waals surface area (Å²) in [5.41, 5.74) is 0.590. The van der Waals surface area contributed by atoms with E-state index in [-0.39, 0.29) is 24.0 Å². The standard InChI is InChI=1S/C17H21FN2O3/c1-20-6-4-5-14(20)11-19-16-10-17(23-8-3-2-7-21)15(18)9-13(16)12-22/h7,9-12,14H,2-6,8H2,1H3/b19-11-. The van der Waals surface area contributed by atoms with Crippen molar-refractivity contribution in [3.8, 4) is 5.75 Å². The molecular formula is C17H21FN2O3. The molecule has 1 saturated heterocycles. The lowest BCUT2D eigenvalue weighted by molar-refractivity contribution is -0.108. The van der Waals surface area contributed by atoms with Crippen molar-refractivity contribution in [2.75, 3.05) is 20.2 Å². The highest BCUT2D eigenvalue weighted by Crippen LogP contribution is 2.28. The van der Waals surface area contributed by atoms with Gasteiger partial charge in [-0.15, -0.1) is 0 Å². The number of unbranched alkanes of at least 4 members (excludes halogenated alkanes) is 1. The van der Waals surface area contributed by atoms with Crippen molar-refractivity contribution in [2.45, 2.75) is 31.7 Å². The summed E-state index contributed by atoms with van der Waals surface area (Å²) in [6.45, 7) is 1.26. The minimum atomic E-state index is -0.602. The molecule has 1 heterocycles. The maximum atomic E-state index is 13.9.